The summed E-state index contributed by atoms with van der Waals surface area (Å²) in [5.74, 6) is 0.592. The second kappa shape index (κ2) is 4.57. The predicted molar refractivity (Wildman–Crippen MR) is 58.9 cm³/mol. The number of H-pyrrole nitrogens is 1. The molecule has 0 fully saturated rings. The molecule has 0 spiro atoms. The predicted octanol–water partition coefficient (Wildman–Crippen LogP) is 1.60. The Balaban J connectivity index is 3.01. The molecule has 0 aliphatic carbocycles. The van der Waals surface area contributed by atoms with Gasteiger partial charge in [-0.1, -0.05) is 20.8 Å². The standard InChI is InChI=1S/C11H18N2O2/c1-5-15-7-9-12-8(11(2,3)4)6-10(14)13-9/h6H,5,7H2,1-4H3,(H,12,13,14). The van der Waals surface area contributed by atoms with Gasteiger partial charge in [0.05, 0.1) is 5.69 Å². The quantitative estimate of drug-likeness (QED) is 0.824. The van der Waals surface area contributed by atoms with Crippen LogP contribution < -0.4 is 5.56 Å². The highest BCUT2D eigenvalue weighted by molar-refractivity contribution is 5.12. The zero-order chi connectivity index (χ0) is 11.5. The number of nitrogens with zero attached hydrogens (tertiary/aromatic N) is 1. The van der Waals surface area contributed by atoms with E-state index in [2.05, 4.69) is 9.97 Å². The highest BCUT2D eigenvalue weighted by Crippen LogP contribution is 2.18. The van der Waals surface area contributed by atoms with Crippen molar-refractivity contribution in [3.8, 4) is 0 Å². The number of aromatic nitrogens is 2. The summed E-state index contributed by atoms with van der Waals surface area (Å²) in [4.78, 5) is 18.4. The van der Waals surface area contributed by atoms with E-state index in [9.17, 15) is 4.79 Å². The lowest BCUT2D eigenvalue weighted by molar-refractivity contribution is 0.127. The van der Waals surface area contributed by atoms with Gasteiger partial charge >= 0.3 is 0 Å². The first-order valence-electron chi connectivity index (χ1n) is 5.12. The number of rotatable bonds is 3. The number of hydrogen-bond acceptors (Lipinski definition) is 3. The van der Waals surface area contributed by atoms with Crippen LogP contribution >= 0.6 is 0 Å². The molecule has 0 saturated heterocycles. The fourth-order valence-corrected chi connectivity index (χ4v) is 1.16. The average Bonchev–Trinajstić information content (AvgIpc) is 2.12. The maximum Gasteiger partial charge on any atom is 0.251 e. The SMILES string of the molecule is CCOCc1nc(C(C)(C)C)cc(=O)[nH]1. The van der Waals surface area contributed by atoms with Gasteiger partial charge in [0.25, 0.3) is 5.56 Å². The Morgan fingerprint density at radius 1 is 1.47 bits per heavy atom. The molecule has 0 unspecified atom stereocenters. The summed E-state index contributed by atoms with van der Waals surface area (Å²) in [6.45, 7) is 8.96. The molecule has 15 heavy (non-hydrogen) atoms. The summed E-state index contributed by atoms with van der Waals surface area (Å²) in [5.41, 5.74) is 0.556. The van der Waals surface area contributed by atoms with Crippen LogP contribution in [0.3, 0.4) is 0 Å². The molecular weight excluding hydrogens is 192 g/mol. The molecule has 84 valence electrons. The number of hydrogen-bond donors (Lipinski definition) is 1. The van der Waals surface area contributed by atoms with E-state index in [1.165, 1.54) is 6.07 Å². The van der Waals surface area contributed by atoms with E-state index >= 15 is 0 Å². The highest BCUT2D eigenvalue weighted by atomic mass is 16.5. The first kappa shape index (κ1) is 11.9. The average molecular weight is 210 g/mol. The van der Waals surface area contributed by atoms with Crippen LogP contribution in [0, 0.1) is 0 Å². The van der Waals surface area contributed by atoms with E-state index in [1.807, 2.05) is 27.7 Å². The van der Waals surface area contributed by atoms with Crippen molar-refractivity contribution in [2.75, 3.05) is 6.61 Å². The summed E-state index contributed by atoms with van der Waals surface area (Å²) in [5, 5.41) is 0. The van der Waals surface area contributed by atoms with Gasteiger partial charge < -0.3 is 9.72 Å². The maximum atomic E-state index is 11.4. The van der Waals surface area contributed by atoms with Crippen molar-refractivity contribution >= 4 is 0 Å². The van der Waals surface area contributed by atoms with Crippen molar-refractivity contribution in [1.82, 2.24) is 9.97 Å². The molecule has 0 bridgehead atoms. The summed E-state index contributed by atoms with van der Waals surface area (Å²) < 4.78 is 5.21. The van der Waals surface area contributed by atoms with E-state index in [4.69, 9.17) is 4.74 Å². The zero-order valence-electron chi connectivity index (χ0n) is 9.76. The minimum atomic E-state index is -0.121. The molecule has 0 aliphatic rings. The smallest absolute Gasteiger partial charge is 0.251 e. The van der Waals surface area contributed by atoms with Crippen molar-refractivity contribution in [3.05, 3.63) is 27.9 Å². The van der Waals surface area contributed by atoms with Gasteiger partial charge in [-0.15, -0.1) is 0 Å². The Morgan fingerprint density at radius 3 is 2.67 bits per heavy atom. The second-order valence-corrected chi connectivity index (χ2v) is 4.46. The Bertz CT molecular complexity index is 377. The monoisotopic (exact) mass is 210 g/mol. The van der Waals surface area contributed by atoms with Crippen LogP contribution in [0.2, 0.25) is 0 Å². The van der Waals surface area contributed by atoms with Crippen LogP contribution in [0.4, 0.5) is 0 Å². The third-order valence-corrected chi connectivity index (χ3v) is 2.00. The summed E-state index contributed by atoms with van der Waals surface area (Å²) in [7, 11) is 0. The molecule has 0 aromatic carbocycles. The van der Waals surface area contributed by atoms with Crippen LogP contribution in [0.5, 0.6) is 0 Å². The lowest BCUT2D eigenvalue weighted by Gasteiger charge is -2.17. The van der Waals surface area contributed by atoms with Gasteiger partial charge in [0.1, 0.15) is 12.4 Å². The summed E-state index contributed by atoms with van der Waals surface area (Å²) in [6, 6.07) is 1.54. The maximum absolute atomic E-state index is 11.4. The van der Waals surface area contributed by atoms with E-state index < -0.39 is 0 Å². The molecule has 4 nitrogen and oxygen atoms in total. The number of ether oxygens (including phenoxy) is 1. The van der Waals surface area contributed by atoms with Gasteiger partial charge in [-0.05, 0) is 6.92 Å². The fourth-order valence-electron chi connectivity index (χ4n) is 1.16. The third kappa shape index (κ3) is 3.47. The van der Waals surface area contributed by atoms with E-state index in [0.717, 1.165) is 5.69 Å². The van der Waals surface area contributed by atoms with Crippen molar-refractivity contribution in [1.29, 1.82) is 0 Å². The molecule has 1 aromatic heterocycles. The van der Waals surface area contributed by atoms with Crippen molar-refractivity contribution in [2.24, 2.45) is 0 Å². The minimum Gasteiger partial charge on any atom is -0.374 e. The Kier molecular flexibility index (Phi) is 3.63. The molecule has 0 aliphatic heterocycles. The molecule has 0 radical (unpaired) electrons. The Hall–Kier alpha value is -1.16. The van der Waals surface area contributed by atoms with Gasteiger partial charge in [0, 0.05) is 18.1 Å². The van der Waals surface area contributed by atoms with Crippen LogP contribution in [-0.2, 0) is 16.8 Å². The largest absolute Gasteiger partial charge is 0.374 e. The molecule has 1 N–H and O–H groups in total. The molecule has 1 rings (SSSR count). The molecule has 4 heteroatoms. The fraction of sp³-hybridized carbons (Fsp3) is 0.636. The Labute approximate surface area is 89.7 Å². The normalized spacial score (nSPS) is 11.7. The highest BCUT2D eigenvalue weighted by Gasteiger charge is 2.16. The van der Waals surface area contributed by atoms with Crippen LogP contribution in [0.25, 0.3) is 0 Å². The minimum absolute atomic E-state index is 0.116. The van der Waals surface area contributed by atoms with E-state index in [1.54, 1.807) is 0 Å². The second-order valence-electron chi connectivity index (χ2n) is 4.46. The van der Waals surface area contributed by atoms with Crippen molar-refractivity contribution < 1.29 is 4.74 Å². The Morgan fingerprint density at radius 2 is 2.13 bits per heavy atom. The van der Waals surface area contributed by atoms with Gasteiger partial charge in [0.2, 0.25) is 0 Å². The van der Waals surface area contributed by atoms with E-state index in [-0.39, 0.29) is 11.0 Å². The molecule has 1 heterocycles. The molecule has 0 saturated carbocycles. The zero-order valence-corrected chi connectivity index (χ0v) is 9.76. The van der Waals surface area contributed by atoms with E-state index in [0.29, 0.717) is 19.0 Å². The molecular formula is C11H18N2O2. The first-order chi connectivity index (χ1) is 6.93. The van der Waals surface area contributed by atoms with Crippen LogP contribution in [0.1, 0.15) is 39.2 Å². The van der Waals surface area contributed by atoms with Gasteiger partial charge in [0.15, 0.2) is 0 Å². The molecule has 1 aromatic rings. The van der Waals surface area contributed by atoms with Crippen LogP contribution in [0.15, 0.2) is 10.9 Å². The van der Waals surface area contributed by atoms with Crippen molar-refractivity contribution in [3.63, 3.8) is 0 Å². The topological polar surface area (TPSA) is 55.0 Å². The number of aromatic amines is 1. The summed E-state index contributed by atoms with van der Waals surface area (Å²) >= 11 is 0. The number of nitrogens with one attached hydrogen (secondary N) is 1. The molecule has 0 atom stereocenters. The van der Waals surface area contributed by atoms with Gasteiger partial charge in [-0.2, -0.15) is 0 Å². The summed E-state index contributed by atoms with van der Waals surface area (Å²) in [6.07, 6.45) is 0. The van der Waals surface area contributed by atoms with Gasteiger partial charge in [-0.3, -0.25) is 4.79 Å². The first-order valence-corrected chi connectivity index (χ1v) is 5.12. The van der Waals surface area contributed by atoms with Gasteiger partial charge in [-0.25, -0.2) is 4.98 Å². The van der Waals surface area contributed by atoms with Crippen LogP contribution in [-0.4, -0.2) is 16.6 Å². The lowest BCUT2D eigenvalue weighted by atomic mass is 9.92. The third-order valence-electron chi connectivity index (χ3n) is 2.00. The lowest BCUT2D eigenvalue weighted by Crippen LogP contribution is -2.21. The molecule has 0 amide bonds. The van der Waals surface area contributed by atoms with Crippen molar-refractivity contribution in [2.45, 2.75) is 39.7 Å².